The van der Waals surface area contributed by atoms with Crippen molar-refractivity contribution in [3.05, 3.63) is 36.2 Å². The monoisotopic (exact) mass is 216 g/mol. The molecule has 2 N–H and O–H groups in total. The van der Waals surface area contributed by atoms with Crippen LogP contribution in [0.3, 0.4) is 0 Å². The highest BCUT2D eigenvalue weighted by atomic mass is 16.3. The maximum Gasteiger partial charge on any atom is 0.228 e. The van der Waals surface area contributed by atoms with Gasteiger partial charge >= 0.3 is 0 Å². The second-order valence-corrected chi connectivity index (χ2v) is 4.88. The summed E-state index contributed by atoms with van der Waals surface area (Å²) >= 11 is 0. The third kappa shape index (κ3) is 1.94. The summed E-state index contributed by atoms with van der Waals surface area (Å²) < 4.78 is 5.47. The van der Waals surface area contributed by atoms with Crippen LogP contribution in [0.5, 0.6) is 0 Å². The molecule has 0 fully saturated rings. The van der Waals surface area contributed by atoms with E-state index in [-0.39, 0.29) is 5.41 Å². The van der Waals surface area contributed by atoms with Crippen LogP contribution < -0.4 is 5.73 Å². The molecule has 0 aliphatic carbocycles. The fourth-order valence-corrected chi connectivity index (χ4v) is 1.43. The minimum atomic E-state index is -0.00864. The molecule has 84 valence electrons. The molecule has 1 heterocycles. The topological polar surface area (TPSA) is 52.0 Å². The van der Waals surface area contributed by atoms with Gasteiger partial charge in [-0.2, -0.15) is 0 Å². The number of rotatable bonds is 1. The summed E-state index contributed by atoms with van der Waals surface area (Å²) in [6, 6.07) is 7.57. The highest BCUT2D eigenvalue weighted by Gasteiger charge is 2.19. The fourth-order valence-electron chi connectivity index (χ4n) is 1.43. The SMILES string of the molecule is CC(C)(C)c1coc(-c2ccccc2N)n1. The summed E-state index contributed by atoms with van der Waals surface area (Å²) in [6.07, 6.45) is 1.70. The van der Waals surface area contributed by atoms with Crippen molar-refractivity contribution in [3.8, 4) is 11.5 Å². The molecule has 0 atom stereocenters. The lowest BCUT2D eigenvalue weighted by Crippen LogP contribution is -2.11. The molecule has 3 nitrogen and oxygen atoms in total. The minimum absolute atomic E-state index is 0.00864. The molecule has 0 aliphatic rings. The van der Waals surface area contributed by atoms with Gasteiger partial charge in [0.25, 0.3) is 0 Å². The van der Waals surface area contributed by atoms with Crippen LogP contribution in [0.2, 0.25) is 0 Å². The van der Waals surface area contributed by atoms with E-state index in [9.17, 15) is 0 Å². The summed E-state index contributed by atoms with van der Waals surface area (Å²) in [4.78, 5) is 4.47. The predicted molar refractivity (Wildman–Crippen MR) is 65.1 cm³/mol. The number of aromatic nitrogens is 1. The number of para-hydroxylation sites is 1. The van der Waals surface area contributed by atoms with Gasteiger partial charge in [0.15, 0.2) is 0 Å². The normalized spacial score (nSPS) is 11.7. The molecule has 0 unspecified atom stereocenters. The Morgan fingerprint density at radius 3 is 2.44 bits per heavy atom. The number of hydrogen-bond donors (Lipinski definition) is 1. The number of anilines is 1. The zero-order chi connectivity index (χ0) is 11.8. The number of oxazole rings is 1. The molecular formula is C13H16N2O. The molecule has 1 aromatic heterocycles. The van der Waals surface area contributed by atoms with Crippen LogP contribution in [0, 0.1) is 0 Å². The summed E-state index contributed by atoms with van der Waals surface area (Å²) in [5.41, 5.74) is 8.33. The Morgan fingerprint density at radius 2 is 1.88 bits per heavy atom. The van der Waals surface area contributed by atoms with Crippen molar-refractivity contribution in [2.24, 2.45) is 0 Å². The van der Waals surface area contributed by atoms with Crippen molar-refractivity contribution in [1.82, 2.24) is 4.98 Å². The van der Waals surface area contributed by atoms with Crippen LogP contribution in [0.25, 0.3) is 11.5 Å². The quantitative estimate of drug-likeness (QED) is 0.744. The molecular weight excluding hydrogens is 200 g/mol. The van der Waals surface area contributed by atoms with Crippen LogP contribution in [0.1, 0.15) is 26.5 Å². The Bertz CT molecular complexity index is 495. The smallest absolute Gasteiger partial charge is 0.228 e. The second kappa shape index (κ2) is 3.67. The van der Waals surface area contributed by atoms with Crippen molar-refractivity contribution in [3.63, 3.8) is 0 Å². The van der Waals surface area contributed by atoms with Gasteiger partial charge < -0.3 is 10.2 Å². The minimum Gasteiger partial charge on any atom is -0.444 e. The van der Waals surface area contributed by atoms with Crippen LogP contribution >= 0.6 is 0 Å². The van der Waals surface area contributed by atoms with Gasteiger partial charge in [0.1, 0.15) is 6.26 Å². The van der Waals surface area contributed by atoms with E-state index >= 15 is 0 Å². The molecule has 2 rings (SSSR count). The molecule has 0 saturated carbocycles. The fraction of sp³-hybridized carbons (Fsp3) is 0.308. The average molecular weight is 216 g/mol. The van der Waals surface area contributed by atoms with Gasteiger partial charge in [0, 0.05) is 11.1 Å². The van der Waals surface area contributed by atoms with Gasteiger partial charge in [-0.1, -0.05) is 32.9 Å². The number of hydrogen-bond acceptors (Lipinski definition) is 3. The molecule has 16 heavy (non-hydrogen) atoms. The maximum absolute atomic E-state index is 5.87. The van der Waals surface area contributed by atoms with Crippen molar-refractivity contribution in [1.29, 1.82) is 0 Å². The van der Waals surface area contributed by atoms with Crippen LogP contribution in [0.15, 0.2) is 34.9 Å². The zero-order valence-electron chi connectivity index (χ0n) is 9.82. The van der Waals surface area contributed by atoms with E-state index in [1.807, 2.05) is 24.3 Å². The van der Waals surface area contributed by atoms with Crippen molar-refractivity contribution < 1.29 is 4.42 Å². The van der Waals surface area contributed by atoms with E-state index in [1.54, 1.807) is 6.26 Å². The molecule has 0 amide bonds. The lowest BCUT2D eigenvalue weighted by atomic mass is 9.93. The van der Waals surface area contributed by atoms with Gasteiger partial charge in [-0.15, -0.1) is 0 Å². The van der Waals surface area contributed by atoms with Gasteiger partial charge in [-0.3, -0.25) is 0 Å². The summed E-state index contributed by atoms with van der Waals surface area (Å²) in [5, 5.41) is 0. The first-order valence-corrected chi connectivity index (χ1v) is 5.29. The van der Waals surface area contributed by atoms with Gasteiger partial charge in [0.05, 0.1) is 11.3 Å². The highest BCUT2D eigenvalue weighted by molar-refractivity contribution is 5.70. The number of nitrogen functional groups attached to an aromatic ring is 1. The Balaban J connectivity index is 2.44. The molecule has 0 spiro atoms. The highest BCUT2D eigenvalue weighted by Crippen LogP contribution is 2.28. The molecule has 3 heteroatoms. The van der Waals surface area contributed by atoms with E-state index in [1.165, 1.54) is 0 Å². The Labute approximate surface area is 95.3 Å². The van der Waals surface area contributed by atoms with Crippen molar-refractivity contribution >= 4 is 5.69 Å². The molecule has 0 bridgehead atoms. The van der Waals surface area contributed by atoms with E-state index in [0.29, 0.717) is 11.6 Å². The second-order valence-electron chi connectivity index (χ2n) is 4.88. The lowest BCUT2D eigenvalue weighted by Gasteiger charge is -2.13. The van der Waals surface area contributed by atoms with Crippen LogP contribution in [0.4, 0.5) is 5.69 Å². The van der Waals surface area contributed by atoms with Gasteiger partial charge in [-0.25, -0.2) is 4.98 Å². The number of nitrogens with two attached hydrogens (primary N) is 1. The third-order valence-corrected chi connectivity index (χ3v) is 2.46. The predicted octanol–water partition coefficient (Wildman–Crippen LogP) is 3.22. The van der Waals surface area contributed by atoms with E-state index in [4.69, 9.17) is 10.2 Å². The first kappa shape index (κ1) is 10.7. The zero-order valence-corrected chi connectivity index (χ0v) is 9.82. The number of nitrogens with zero attached hydrogens (tertiary/aromatic N) is 1. The Kier molecular flexibility index (Phi) is 2.46. The lowest BCUT2D eigenvalue weighted by molar-refractivity contribution is 0.544. The first-order valence-electron chi connectivity index (χ1n) is 5.29. The molecule has 1 aromatic carbocycles. The van der Waals surface area contributed by atoms with E-state index in [0.717, 1.165) is 11.3 Å². The first-order chi connectivity index (χ1) is 7.48. The van der Waals surface area contributed by atoms with E-state index in [2.05, 4.69) is 25.8 Å². The standard InChI is InChI=1S/C13H16N2O/c1-13(2,3)11-8-16-12(15-11)9-6-4-5-7-10(9)14/h4-8H,14H2,1-3H3. The summed E-state index contributed by atoms with van der Waals surface area (Å²) in [5.74, 6) is 0.586. The molecule has 0 aliphatic heterocycles. The molecule has 0 radical (unpaired) electrons. The summed E-state index contributed by atoms with van der Waals surface area (Å²) in [6.45, 7) is 6.30. The van der Waals surface area contributed by atoms with Gasteiger partial charge in [0.2, 0.25) is 5.89 Å². The maximum atomic E-state index is 5.87. The average Bonchev–Trinajstić information content (AvgIpc) is 2.66. The number of benzene rings is 1. The molecule has 2 aromatic rings. The van der Waals surface area contributed by atoms with E-state index < -0.39 is 0 Å². The largest absolute Gasteiger partial charge is 0.444 e. The summed E-state index contributed by atoms with van der Waals surface area (Å²) in [7, 11) is 0. The van der Waals surface area contributed by atoms with Crippen molar-refractivity contribution in [2.45, 2.75) is 26.2 Å². The van der Waals surface area contributed by atoms with Crippen molar-refractivity contribution in [2.75, 3.05) is 5.73 Å². The van der Waals surface area contributed by atoms with Crippen LogP contribution in [-0.2, 0) is 5.41 Å². The Morgan fingerprint density at radius 1 is 1.19 bits per heavy atom. The third-order valence-electron chi connectivity index (χ3n) is 2.46. The Hall–Kier alpha value is -1.77. The van der Waals surface area contributed by atoms with Gasteiger partial charge in [-0.05, 0) is 12.1 Å². The van der Waals surface area contributed by atoms with Crippen LogP contribution in [-0.4, -0.2) is 4.98 Å². The molecule has 0 saturated heterocycles.